The van der Waals surface area contributed by atoms with Crippen LogP contribution in [-0.2, 0) is 9.53 Å². The average Bonchev–Trinajstić information content (AvgIpc) is 3.15. The van der Waals surface area contributed by atoms with E-state index in [4.69, 9.17) is 14.2 Å². The molecule has 1 atom stereocenters. The van der Waals surface area contributed by atoms with Crippen LogP contribution in [0.2, 0.25) is 0 Å². The Bertz CT molecular complexity index is 1520. The minimum Gasteiger partial charge on any atom is -0.493 e. The highest BCUT2D eigenvalue weighted by Crippen LogP contribution is 2.36. The van der Waals surface area contributed by atoms with E-state index in [9.17, 15) is 9.59 Å². The lowest BCUT2D eigenvalue weighted by molar-refractivity contribution is -0.138. The summed E-state index contributed by atoms with van der Waals surface area (Å²) in [5.41, 5.74) is 2.04. The van der Waals surface area contributed by atoms with Crippen LogP contribution in [0.3, 0.4) is 0 Å². The van der Waals surface area contributed by atoms with Crippen LogP contribution in [0.1, 0.15) is 24.1 Å². The molecule has 0 fully saturated rings. The van der Waals surface area contributed by atoms with E-state index >= 15 is 0 Å². The standard InChI is InChI=1S/C26H23BrN2O5S/c1-5-11-34-25(31)22-15(2)28-26-29(23(22)17-9-10-19(32-3)20(14-17)33-4)24(30)21(35-26)13-16-7-6-8-18(27)12-16/h5-10,12-14,23H,1,11H2,2-4H3/b21-13+. The number of carbonyl (C=O) groups excluding carboxylic acids is 1. The lowest BCUT2D eigenvalue weighted by atomic mass is 9.95. The Hall–Kier alpha value is -3.43. The number of thiazole rings is 1. The molecule has 4 rings (SSSR count). The fourth-order valence-electron chi connectivity index (χ4n) is 3.88. The topological polar surface area (TPSA) is 79.1 Å². The molecule has 0 amide bonds. The molecule has 0 spiro atoms. The highest BCUT2D eigenvalue weighted by molar-refractivity contribution is 9.10. The van der Waals surface area contributed by atoms with E-state index in [0.29, 0.717) is 32.1 Å². The van der Waals surface area contributed by atoms with Gasteiger partial charge in [-0.1, -0.05) is 58.1 Å². The zero-order valence-electron chi connectivity index (χ0n) is 19.4. The lowest BCUT2D eigenvalue weighted by Crippen LogP contribution is -2.40. The molecule has 1 aliphatic heterocycles. The van der Waals surface area contributed by atoms with Gasteiger partial charge < -0.3 is 14.2 Å². The van der Waals surface area contributed by atoms with Crippen LogP contribution in [0.25, 0.3) is 6.08 Å². The molecule has 0 saturated heterocycles. The normalized spacial score (nSPS) is 15.3. The quantitative estimate of drug-likeness (QED) is 0.328. The van der Waals surface area contributed by atoms with E-state index in [0.717, 1.165) is 10.0 Å². The summed E-state index contributed by atoms with van der Waals surface area (Å²) in [6, 6.07) is 12.2. The van der Waals surface area contributed by atoms with E-state index in [2.05, 4.69) is 27.5 Å². The van der Waals surface area contributed by atoms with E-state index < -0.39 is 12.0 Å². The molecule has 7 nitrogen and oxygen atoms in total. The van der Waals surface area contributed by atoms with Crippen molar-refractivity contribution in [2.75, 3.05) is 20.8 Å². The number of aromatic nitrogens is 1. The van der Waals surface area contributed by atoms with Crippen molar-refractivity contribution in [1.29, 1.82) is 0 Å². The zero-order valence-corrected chi connectivity index (χ0v) is 21.8. The van der Waals surface area contributed by atoms with E-state index in [1.165, 1.54) is 29.1 Å². The SMILES string of the molecule is C=CCOC(=O)C1=C(C)N=c2s/c(=C/c3cccc(Br)c3)c(=O)n2C1c1ccc(OC)c(OC)c1. The molecule has 3 aromatic rings. The number of hydrogen-bond acceptors (Lipinski definition) is 7. The number of esters is 1. The molecule has 0 saturated carbocycles. The molecule has 2 aromatic carbocycles. The summed E-state index contributed by atoms with van der Waals surface area (Å²) in [6.45, 7) is 5.39. The van der Waals surface area contributed by atoms with Gasteiger partial charge in [-0.2, -0.15) is 0 Å². The Morgan fingerprint density at radius 3 is 2.66 bits per heavy atom. The molecule has 0 aliphatic carbocycles. The maximum absolute atomic E-state index is 13.7. The van der Waals surface area contributed by atoms with Gasteiger partial charge in [-0.05, 0) is 48.4 Å². The molecule has 0 radical (unpaired) electrons. The Kier molecular flexibility index (Phi) is 7.37. The molecule has 180 valence electrons. The van der Waals surface area contributed by atoms with Crippen LogP contribution in [0, 0.1) is 0 Å². The van der Waals surface area contributed by atoms with E-state index in [1.807, 2.05) is 30.3 Å². The summed E-state index contributed by atoms with van der Waals surface area (Å²) in [6.07, 6.45) is 3.31. The minimum absolute atomic E-state index is 0.0432. The van der Waals surface area contributed by atoms with Gasteiger partial charge in [-0.15, -0.1) is 0 Å². The van der Waals surface area contributed by atoms with Crippen LogP contribution in [0.4, 0.5) is 0 Å². The molecule has 9 heteroatoms. The predicted molar refractivity (Wildman–Crippen MR) is 139 cm³/mol. The predicted octanol–water partition coefficient (Wildman–Crippen LogP) is 3.74. The first kappa shape index (κ1) is 24.7. The third kappa shape index (κ3) is 4.87. The number of hydrogen-bond donors (Lipinski definition) is 0. The summed E-state index contributed by atoms with van der Waals surface area (Å²) in [7, 11) is 3.08. The maximum Gasteiger partial charge on any atom is 0.338 e. The number of methoxy groups -OCH3 is 2. The summed E-state index contributed by atoms with van der Waals surface area (Å²) in [4.78, 5) is 31.9. The molecule has 0 bridgehead atoms. The number of allylic oxidation sites excluding steroid dienone is 1. The van der Waals surface area contributed by atoms with Crippen LogP contribution >= 0.6 is 27.3 Å². The zero-order chi connectivity index (χ0) is 25.1. The summed E-state index contributed by atoms with van der Waals surface area (Å²) >= 11 is 4.73. The summed E-state index contributed by atoms with van der Waals surface area (Å²) in [5, 5.41) is 0. The van der Waals surface area contributed by atoms with Crippen molar-refractivity contribution in [2.45, 2.75) is 13.0 Å². The van der Waals surface area contributed by atoms with E-state index in [-0.39, 0.29) is 17.7 Å². The number of nitrogens with zero attached hydrogens (tertiary/aromatic N) is 2. The molecular weight excluding hydrogens is 532 g/mol. The lowest BCUT2D eigenvalue weighted by Gasteiger charge is -2.25. The number of carbonyl (C=O) groups is 1. The number of fused-ring (bicyclic) bond motifs is 1. The number of halogens is 1. The van der Waals surface area contributed by atoms with Gasteiger partial charge in [-0.3, -0.25) is 9.36 Å². The first-order chi connectivity index (χ1) is 16.9. The molecular formula is C26H23BrN2O5S. The molecule has 2 heterocycles. The fourth-order valence-corrected chi connectivity index (χ4v) is 5.34. The van der Waals surface area contributed by atoms with Crippen LogP contribution in [0.5, 0.6) is 11.5 Å². The minimum atomic E-state index is -0.756. The first-order valence-corrected chi connectivity index (χ1v) is 12.3. The van der Waals surface area contributed by atoms with Crippen molar-refractivity contribution in [3.05, 3.63) is 102 Å². The Balaban J connectivity index is 1.96. The van der Waals surface area contributed by atoms with Gasteiger partial charge in [0.05, 0.1) is 36.1 Å². The highest BCUT2D eigenvalue weighted by atomic mass is 79.9. The van der Waals surface area contributed by atoms with Crippen molar-refractivity contribution in [2.24, 2.45) is 4.99 Å². The van der Waals surface area contributed by atoms with Crippen molar-refractivity contribution in [3.63, 3.8) is 0 Å². The second-order valence-electron chi connectivity index (χ2n) is 7.64. The van der Waals surface area contributed by atoms with Gasteiger partial charge in [0, 0.05) is 4.47 Å². The molecule has 0 N–H and O–H groups in total. The van der Waals surface area contributed by atoms with Crippen LogP contribution < -0.4 is 24.4 Å². The summed E-state index contributed by atoms with van der Waals surface area (Å²) in [5.74, 6) is 0.455. The van der Waals surface area contributed by atoms with Gasteiger partial charge in [0.1, 0.15) is 6.61 Å². The fraction of sp³-hybridized carbons (Fsp3) is 0.192. The van der Waals surface area contributed by atoms with Crippen molar-refractivity contribution in [3.8, 4) is 11.5 Å². The third-order valence-electron chi connectivity index (χ3n) is 5.44. The van der Waals surface area contributed by atoms with Crippen LogP contribution in [0.15, 0.2) is 80.6 Å². The Morgan fingerprint density at radius 2 is 1.97 bits per heavy atom. The second kappa shape index (κ2) is 10.5. The smallest absolute Gasteiger partial charge is 0.338 e. The molecule has 1 aliphatic rings. The average molecular weight is 555 g/mol. The third-order valence-corrected chi connectivity index (χ3v) is 6.92. The Morgan fingerprint density at radius 1 is 1.20 bits per heavy atom. The van der Waals surface area contributed by atoms with Gasteiger partial charge in [0.15, 0.2) is 16.3 Å². The van der Waals surface area contributed by atoms with E-state index in [1.54, 1.807) is 32.2 Å². The van der Waals surface area contributed by atoms with Crippen molar-refractivity contribution < 1.29 is 19.0 Å². The van der Waals surface area contributed by atoms with Crippen molar-refractivity contribution in [1.82, 2.24) is 4.57 Å². The monoisotopic (exact) mass is 554 g/mol. The molecule has 35 heavy (non-hydrogen) atoms. The summed E-state index contributed by atoms with van der Waals surface area (Å²) < 4.78 is 19.2. The first-order valence-electron chi connectivity index (χ1n) is 10.7. The number of rotatable bonds is 7. The number of benzene rings is 2. The van der Waals surface area contributed by atoms with Gasteiger partial charge in [0.2, 0.25) is 0 Å². The van der Waals surface area contributed by atoms with Gasteiger partial charge in [-0.25, -0.2) is 9.79 Å². The maximum atomic E-state index is 13.7. The van der Waals surface area contributed by atoms with Gasteiger partial charge in [0.25, 0.3) is 5.56 Å². The number of ether oxygens (including phenoxy) is 3. The highest BCUT2D eigenvalue weighted by Gasteiger charge is 2.34. The van der Waals surface area contributed by atoms with Gasteiger partial charge >= 0.3 is 5.97 Å². The molecule has 1 unspecified atom stereocenters. The largest absolute Gasteiger partial charge is 0.493 e. The van der Waals surface area contributed by atoms with Crippen LogP contribution in [-0.4, -0.2) is 31.4 Å². The Labute approximate surface area is 214 Å². The second-order valence-corrected chi connectivity index (χ2v) is 9.56. The van der Waals surface area contributed by atoms with Crippen molar-refractivity contribution >= 4 is 39.3 Å². The molecule has 1 aromatic heterocycles.